The van der Waals surface area contributed by atoms with Crippen LogP contribution in [0.2, 0.25) is 0 Å². The van der Waals surface area contributed by atoms with E-state index in [1.54, 1.807) is 27.7 Å². The number of hydrogen-bond donors (Lipinski definition) is 2. The van der Waals surface area contributed by atoms with Crippen LogP contribution in [-0.2, 0) is 16.9 Å². The highest BCUT2D eigenvalue weighted by atomic mass is 32.2. The highest BCUT2D eigenvalue weighted by molar-refractivity contribution is 7.84. The van der Waals surface area contributed by atoms with Crippen LogP contribution in [0.25, 0.3) is 0 Å². The SMILES string of the molecule is C[C@@H](N[S@](=O)C(C)(C)C)c1cc(F)cc(C(F)(F)CO)c1. The summed E-state index contributed by atoms with van der Waals surface area (Å²) < 4.78 is 54.7. The van der Waals surface area contributed by atoms with Crippen molar-refractivity contribution < 1.29 is 22.5 Å². The van der Waals surface area contributed by atoms with Crippen LogP contribution in [0.4, 0.5) is 13.2 Å². The van der Waals surface area contributed by atoms with Gasteiger partial charge in [0, 0.05) is 11.6 Å². The fourth-order valence-corrected chi connectivity index (χ4v) is 2.38. The van der Waals surface area contributed by atoms with Crippen LogP contribution in [0.3, 0.4) is 0 Å². The van der Waals surface area contributed by atoms with Gasteiger partial charge in [-0.25, -0.2) is 13.3 Å². The van der Waals surface area contributed by atoms with Gasteiger partial charge in [0.1, 0.15) is 12.4 Å². The molecule has 0 unspecified atom stereocenters. The Labute approximate surface area is 125 Å². The second-order valence-electron chi connectivity index (χ2n) is 5.86. The highest BCUT2D eigenvalue weighted by Crippen LogP contribution is 2.30. The molecule has 0 aromatic heterocycles. The summed E-state index contributed by atoms with van der Waals surface area (Å²) in [7, 11) is -1.41. The summed E-state index contributed by atoms with van der Waals surface area (Å²) in [6.45, 7) is 5.50. The topological polar surface area (TPSA) is 49.3 Å². The molecule has 1 aromatic carbocycles. The molecule has 0 amide bonds. The van der Waals surface area contributed by atoms with Gasteiger partial charge in [0.05, 0.1) is 15.7 Å². The molecule has 0 bridgehead atoms. The molecule has 7 heteroatoms. The number of hydrogen-bond acceptors (Lipinski definition) is 2. The van der Waals surface area contributed by atoms with Gasteiger partial charge < -0.3 is 5.11 Å². The molecule has 0 heterocycles. The second-order valence-corrected chi connectivity index (χ2v) is 7.85. The summed E-state index contributed by atoms with van der Waals surface area (Å²) in [5.41, 5.74) is -0.356. The van der Waals surface area contributed by atoms with Gasteiger partial charge in [-0.3, -0.25) is 0 Å². The second kappa shape index (κ2) is 6.46. The molecule has 3 nitrogen and oxygen atoms in total. The monoisotopic (exact) mass is 323 g/mol. The molecule has 120 valence electrons. The first-order chi connectivity index (χ1) is 9.47. The lowest BCUT2D eigenvalue weighted by Gasteiger charge is -2.23. The molecular formula is C14H20F3NO2S. The standard InChI is InChI=1S/C14H20F3NO2S/c1-9(18-21(20)13(2,3)4)10-5-11(7-12(15)6-10)14(16,17)8-19/h5-7,9,18-19H,8H2,1-4H3/t9-,21-/m1/s1. The Morgan fingerprint density at radius 1 is 1.29 bits per heavy atom. The molecule has 2 N–H and O–H groups in total. The molecule has 0 aliphatic heterocycles. The molecule has 21 heavy (non-hydrogen) atoms. The summed E-state index contributed by atoms with van der Waals surface area (Å²) in [4.78, 5) is 0. The Morgan fingerprint density at radius 3 is 2.33 bits per heavy atom. The smallest absolute Gasteiger partial charge is 0.295 e. The molecule has 0 radical (unpaired) electrons. The Balaban J connectivity index is 3.06. The summed E-state index contributed by atoms with van der Waals surface area (Å²) in [5.74, 6) is -4.34. The third-order valence-electron chi connectivity index (χ3n) is 2.88. The Morgan fingerprint density at radius 2 is 1.86 bits per heavy atom. The summed E-state index contributed by atoms with van der Waals surface area (Å²) in [6, 6.07) is 2.33. The van der Waals surface area contributed by atoms with Gasteiger partial charge >= 0.3 is 0 Å². The maximum absolute atomic E-state index is 13.5. The normalized spacial score (nSPS) is 15.8. The minimum absolute atomic E-state index is 0.246. The molecule has 2 atom stereocenters. The van der Waals surface area contributed by atoms with E-state index in [-0.39, 0.29) is 5.56 Å². The zero-order chi connectivity index (χ0) is 16.4. The average molecular weight is 323 g/mol. The molecule has 0 fully saturated rings. The van der Waals surface area contributed by atoms with Crippen molar-refractivity contribution in [1.29, 1.82) is 0 Å². The van der Waals surface area contributed by atoms with Crippen LogP contribution in [0.1, 0.15) is 44.9 Å². The van der Waals surface area contributed by atoms with Gasteiger partial charge in [-0.15, -0.1) is 0 Å². The molecule has 1 rings (SSSR count). The Hall–Kier alpha value is -0.920. The van der Waals surface area contributed by atoms with Gasteiger partial charge in [-0.1, -0.05) is 0 Å². The van der Waals surface area contributed by atoms with E-state index >= 15 is 0 Å². The van der Waals surface area contributed by atoms with Crippen LogP contribution < -0.4 is 4.72 Å². The van der Waals surface area contributed by atoms with E-state index in [1.807, 2.05) is 0 Å². The average Bonchev–Trinajstić information content (AvgIpc) is 2.36. The molecular weight excluding hydrogens is 303 g/mol. The number of alkyl halides is 2. The fourth-order valence-electron chi connectivity index (χ4n) is 1.57. The quantitative estimate of drug-likeness (QED) is 0.875. The van der Waals surface area contributed by atoms with E-state index in [0.29, 0.717) is 6.07 Å². The van der Waals surface area contributed by atoms with E-state index in [2.05, 4.69) is 4.72 Å². The molecule has 0 aliphatic rings. The third-order valence-corrected chi connectivity index (χ3v) is 4.56. The van der Waals surface area contributed by atoms with Gasteiger partial charge in [-0.2, -0.15) is 8.78 Å². The maximum Gasteiger partial charge on any atom is 0.295 e. The predicted octanol–water partition coefficient (Wildman–Crippen LogP) is 3.02. The molecule has 0 saturated heterocycles. The van der Waals surface area contributed by atoms with Crippen molar-refractivity contribution in [3.05, 3.63) is 35.1 Å². The minimum Gasteiger partial charge on any atom is -0.390 e. The van der Waals surface area contributed by atoms with Crippen LogP contribution in [0.5, 0.6) is 0 Å². The van der Waals surface area contributed by atoms with E-state index in [1.165, 1.54) is 0 Å². The minimum atomic E-state index is -3.51. The number of halogens is 3. The predicted molar refractivity (Wildman–Crippen MR) is 76.8 cm³/mol. The van der Waals surface area contributed by atoms with Crippen molar-refractivity contribution in [3.8, 4) is 0 Å². The Bertz CT molecular complexity index is 529. The first-order valence-corrected chi connectivity index (χ1v) is 7.60. The van der Waals surface area contributed by atoms with Crippen molar-refractivity contribution >= 4 is 11.0 Å². The molecule has 0 saturated carbocycles. The zero-order valence-electron chi connectivity index (χ0n) is 12.4. The summed E-state index contributed by atoms with van der Waals surface area (Å²) in [5, 5.41) is 8.68. The number of rotatable bonds is 5. The lowest BCUT2D eigenvalue weighted by Crippen LogP contribution is -2.35. The van der Waals surface area contributed by atoms with E-state index < -0.39 is 45.7 Å². The van der Waals surface area contributed by atoms with Crippen LogP contribution in [0.15, 0.2) is 18.2 Å². The molecule has 1 aromatic rings. The Kier molecular flexibility index (Phi) is 5.57. The van der Waals surface area contributed by atoms with Crippen molar-refractivity contribution in [2.75, 3.05) is 6.61 Å². The first-order valence-electron chi connectivity index (χ1n) is 6.45. The van der Waals surface area contributed by atoms with Crippen molar-refractivity contribution in [2.45, 2.75) is 44.4 Å². The maximum atomic E-state index is 13.5. The number of benzene rings is 1. The number of aliphatic hydroxyl groups is 1. The lowest BCUT2D eigenvalue weighted by atomic mass is 10.0. The number of aliphatic hydroxyl groups excluding tert-OH is 1. The zero-order valence-corrected chi connectivity index (χ0v) is 13.2. The van der Waals surface area contributed by atoms with Gasteiger partial charge in [0.2, 0.25) is 0 Å². The third kappa shape index (κ3) is 4.79. The van der Waals surface area contributed by atoms with Crippen LogP contribution >= 0.6 is 0 Å². The lowest BCUT2D eigenvalue weighted by molar-refractivity contribution is -0.0559. The first kappa shape index (κ1) is 18.1. The van der Waals surface area contributed by atoms with E-state index in [9.17, 15) is 17.4 Å². The van der Waals surface area contributed by atoms with Gasteiger partial charge in [-0.05, 0) is 51.5 Å². The largest absolute Gasteiger partial charge is 0.390 e. The van der Waals surface area contributed by atoms with Crippen molar-refractivity contribution in [3.63, 3.8) is 0 Å². The fraction of sp³-hybridized carbons (Fsp3) is 0.571. The number of nitrogens with one attached hydrogen (secondary N) is 1. The molecule has 0 spiro atoms. The highest BCUT2D eigenvalue weighted by Gasteiger charge is 2.32. The summed E-state index contributed by atoms with van der Waals surface area (Å²) >= 11 is 0. The van der Waals surface area contributed by atoms with Gasteiger partial charge in [0.15, 0.2) is 0 Å². The van der Waals surface area contributed by atoms with Crippen LogP contribution in [-0.4, -0.2) is 20.7 Å². The van der Waals surface area contributed by atoms with E-state index in [0.717, 1.165) is 12.1 Å². The van der Waals surface area contributed by atoms with Crippen molar-refractivity contribution in [1.82, 2.24) is 4.72 Å². The van der Waals surface area contributed by atoms with E-state index in [4.69, 9.17) is 5.11 Å². The summed E-state index contributed by atoms with van der Waals surface area (Å²) in [6.07, 6.45) is 0. The molecule has 0 aliphatic carbocycles. The van der Waals surface area contributed by atoms with Crippen LogP contribution in [0, 0.1) is 5.82 Å². The van der Waals surface area contributed by atoms with Gasteiger partial charge in [0.25, 0.3) is 5.92 Å². The van der Waals surface area contributed by atoms with Crippen molar-refractivity contribution in [2.24, 2.45) is 0 Å².